The van der Waals surface area contributed by atoms with Gasteiger partial charge in [0.25, 0.3) is 0 Å². The highest BCUT2D eigenvalue weighted by atomic mass is 79.9. The summed E-state index contributed by atoms with van der Waals surface area (Å²) < 4.78 is 7.04. The first-order valence-corrected chi connectivity index (χ1v) is 6.74. The first kappa shape index (κ1) is 11.9. The van der Waals surface area contributed by atoms with Crippen LogP contribution in [-0.2, 0) is 6.42 Å². The van der Waals surface area contributed by atoms with Gasteiger partial charge in [-0.2, -0.15) is 0 Å². The average molecular weight is 284 g/mol. The van der Waals surface area contributed by atoms with Crippen LogP contribution < -0.4 is 10.1 Å². The van der Waals surface area contributed by atoms with Gasteiger partial charge in [0, 0.05) is 6.54 Å². The molecule has 0 bridgehead atoms. The lowest BCUT2D eigenvalue weighted by atomic mass is 10.1. The topological polar surface area (TPSA) is 21.3 Å². The molecule has 1 aliphatic rings. The van der Waals surface area contributed by atoms with E-state index in [1.807, 2.05) is 0 Å². The van der Waals surface area contributed by atoms with Crippen molar-refractivity contribution in [3.63, 3.8) is 0 Å². The predicted molar refractivity (Wildman–Crippen MR) is 70.0 cm³/mol. The molecule has 0 aromatic heterocycles. The van der Waals surface area contributed by atoms with Crippen LogP contribution in [-0.4, -0.2) is 19.2 Å². The normalized spacial score (nSPS) is 20.8. The molecule has 88 valence electrons. The molecular formula is C13H18BrNO. The zero-order valence-corrected chi connectivity index (χ0v) is 11.2. The summed E-state index contributed by atoms with van der Waals surface area (Å²) in [4.78, 5) is 0. The molecule has 0 amide bonds. The Kier molecular flexibility index (Phi) is 4.24. The monoisotopic (exact) mass is 283 g/mol. The second kappa shape index (κ2) is 5.69. The number of ether oxygens (including phenoxy) is 1. The zero-order chi connectivity index (χ0) is 11.4. The molecule has 1 heterocycles. The quantitative estimate of drug-likeness (QED) is 0.920. The Morgan fingerprint density at radius 2 is 2.38 bits per heavy atom. The molecule has 1 saturated heterocycles. The van der Waals surface area contributed by atoms with E-state index in [-0.39, 0.29) is 0 Å². The minimum Gasteiger partial charge on any atom is -0.488 e. The van der Waals surface area contributed by atoms with Crippen LogP contribution in [0.1, 0.15) is 25.3 Å². The molecule has 16 heavy (non-hydrogen) atoms. The van der Waals surface area contributed by atoms with Gasteiger partial charge in [-0.25, -0.2) is 0 Å². The number of benzene rings is 1. The van der Waals surface area contributed by atoms with Gasteiger partial charge in [-0.15, -0.1) is 0 Å². The Bertz CT molecular complexity index is 348. The highest BCUT2D eigenvalue weighted by molar-refractivity contribution is 9.10. The summed E-state index contributed by atoms with van der Waals surface area (Å²) in [7, 11) is 0. The van der Waals surface area contributed by atoms with Crippen LogP contribution >= 0.6 is 15.9 Å². The summed E-state index contributed by atoms with van der Waals surface area (Å²) in [6.07, 6.45) is 3.73. The van der Waals surface area contributed by atoms with Crippen LogP contribution in [0.3, 0.4) is 0 Å². The maximum atomic E-state index is 5.98. The van der Waals surface area contributed by atoms with E-state index < -0.39 is 0 Å². The van der Waals surface area contributed by atoms with Gasteiger partial charge in [0.15, 0.2) is 0 Å². The molecule has 1 N–H and O–H groups in total. The van der Waals surface area contributed by atoms with Gasteiger partial charge in [0.1, 0.15) is 11.9 Å². The van der Waals surface area contributed by atoms with Crippen LogP contribution in [0, 0.1) is 0 Å². The van der Waals surface area contributed by atoms with E-state index in [2.05, 4.69) is 46.4 Å². The minimum absolute atomic E-state index is 0.317. The molecule has 1 atom stereocenters. The van der Waals surface area contributed by atoms with Crippen LogP contribution in [0.25, 0.3) is 0 Å². The fourth-order valence-electron chi connectivity index (χ4n) is 1.96. The molecule has 0 aliphatic carbocycles. The summed E-state index contributed by atoms with van der Waals surface area (Å²) in [6, 6.07) is 6.35. The van der Waals surface area contributed by atoms with E-state index in [1.165, 1.54) is 12.0 Å². The summed E-state index contributed by atoms with van der Waals surface area (Å²) >= 11 is 3.57. The molecule has 2 rings (SSSR count). The largest absolute Gasteiger partial charge is 0.488 e. The average Bonchev–Trinajstić information content (AvgIpc) is 2.33. The van der Waals surface area contributed by atoms with E-state index in [4.69, 9.17) is 4.74 Å². The summed E-state index contributed by atoms with van der Waals surface area (Å²) in [6.45, 7) is 4.24. The Hall–Kier alpha value is -0.540. The number of halogens is 1. The maximum Gasteiger partial charge on any atom is 0.133 e. The predicted octanol–water partition coefficient (Wildman–Crippen LogP) is 3.14. The highest BCUT2D eigenvalue weighted by Gasteiger charge is 2.15. The second-order valence-electron chi connectivity index (χ2n) is 4.20. The van der Waals surface area contributed by atoms with Crippen molar-refractivity contribution >= 4 is 15.9 Å². The van der Waals surface area contributed by atoms with E-state index in [0.29, 0.717) is 6.10 Å². The van der Waals surface area contributed by atoms with Gasteiger partial charge in [-0.3, -0.25) is 0 Å². The fraction of sp³-hybridized carbons (Fsp3) is 0.538. The fourth-order valence-corrected chi connectivity index (χ4v) is 2.48. The van der Waals surface area contributed by atoms with Crippen molar-refractivity contribution in [3.05, 3.63) is 28.2 Å². The number of hydrogen-bond acceptors (Lipinski definition) is 2. The van der Waals surface area contributed by atoms with E-state index in [9.17, 15) is 0 Å². The number of hydrogen-bond donors (Lipinski definition) is 1. The van der Waals surface area contributed by atoms with Crippen LogP contribution in [0.4, 0.5) is 0 Å². The van der Waals surface area contributed by atoms with E-state index in [0.717, 1.165) is 36.2 Å². The van der Waals surface area contributed by atoms with E-state index in [1.54, 1.807) is 0 Å². The lowest BCUT2D eigenvalue weighted by Gasteiger charge is -2.24. The molecule has 0 spiro atoms. The summed E-state index contributed by atoms with van der Waals surface area (Å²) in [5, 5.41) is 3.36. The number of nitrogens with one attached hydrogen (secondary N) is 1. The molecule has 1 fully saturated rings. The SMILES string of the molecule is CCc1ccc(OC2CCCNC2)c(Br)c1. The molecule has 3 heteroatoms. The minimum atomic E-state index is 0.317. The van der Waals surface area contributed by atoms with Crippen molar-refractivity contribution < 1.29 is 4.74 Å². The Morgan fingerprint density at radius 1 is 1.50 bits per heavy atom. The Labute approximate surface area is 106 Å². The first-order valence-electron chi connectivity index (χ1n) is 5.95. The van der Waals surface area contributed by atoms with Gasteiger partial charge in [0.2, 0.25) is 0 Å². The van der Waals surface area contributed by atoms with Gasteiger partial charge < -0.3 is 10.1 Å². The lowest BCUT2D eigenvalue weighted by molar-refractivity contribution is 0.166. The van der Waals surface area contributed by atoms with Crippen LogP contribution in [0.15, 0.2) is 22.7 Å². The van der Waals surface area contributed by atoms with Crippen LogP contribution in [0.5, 0.6) is 5.75 Å². The lowest BCUT2D eigenvalue weighted by Crippen LogP contribution is -2.37. The van der Waals surface area contributed by atoms with Gasteiger partial charge in [-0.1, -0.05) is 13.0 Å². The first-order chi connectivity index (χ1) is 7.79. The van der Waals surface area contributed by atoms with E-state index >= 15 is 0 Å². The van der Waals surface area contributed by atoms with Crippen molar-refractivity contribution in [2.45, 2.75) is 32.3 Å². The molecule has 0 saturated carbocycles. The number of rotatable bonds is 3. The van der Waals surface area contributed by atoms with Crippen molar-refractivity contribution in [2.75, 3.05) is 13.1 Å². The molecule has 2 nitrogen and oxygen atoms in total. The highest BCUT2D eigenvalue weighted by Crippen LogP contribution is 2.28. The molecule has 1 unspecified atom stereocenters. The van der Waals surface area contributed by atoms with Crippen LogP contribution in [0.2, 0.25) is 0 Å². The smallest absolute Gasteiger partial charge is 0.133 e. The van der Waals surface area contributed by atoms with Gasteiger partial charge in [0.05, 0.1) is 4.47 Å². The Balaban J connectivity index is 2.03. The number of piperidine rings is 1. The van der Waals surface area contributed by atoms with Crippen molar-refractivity contribution in [3.8, 4) is 5.75 Å². The van der Waals surface area contributed by atoms with Crippen molar-refractivity contribution in [1.82, 2.24) is 5.32 Å². The molecule has 1 aliphatic heterocycles. The Morgan fingerprint density at radius 3 is 3.00 bits per heavy atom. The molecule has 1 aromatic rings. The summed E-state index contributed by atoms with van der Waals surface area (Å²) in [5.74, 6) is 0.964. The molecule has 0 radical (unpaired) electrons. The number of aryl methyl sites for hydroxylation is 1. The van der Waals surface area contributed by atoms with Gasteiger partial charge in [-0.05, 0) is 59.4 Å². The van der Waals surface area contributed by atoms with Gasteiger partial charge >= 0.3 is 0 Å². The van der Waals surface area contributed by atoms with Crippen molar-refractivity contribution in [2.24, 2.45) is 0 Å². The third-order valence-corrected chi connectivity index (χ3v) is 3.57. The standard InChI is InChI=1S/C13H18BrNO/c1-2-10-5-6-13(12(14)8-10)16-11-4-3-7-15-9-11/h5-6,8,11,15H,2-4,7,9H2,1H3. The third-order valence-electron chi connectivity index (χ3n) is 2.95. The van der Waals surface area contributed by atoms with Crippen molar-refractivity contribution in [1.29, 1.82) is 0 Å². The maximum absolute atomic E-state index is 5.98. The third kappa shape index (κ3) is 2.98. The second-order valence-corrected chi connectivity index (χ2v) is 5.06. The zero-order valence-electron chi connectivity index (χ0n) is 9.63. The molecule has 1 aromatic carbocycles. The molecular weight excluding hydrogens is 266 g/mol. The summed E-state index contributed by atoms with van der Waals surface area (Å²) in [5.41, 5.74) is 1.33.